The Balaban J connectivity index is 2.48. The van der Waals surface area contributed by atoms with Gasteiger partial charge in [-0.05, 0) is 54.7 Å². The van der Waals surface area contributed by atoms with Crippen molar-refractivity contribution in [3.63, 3.8) is 0 Å². The van der Waals surface area contributed by atoms with Crippen molar-refractivity contribution in [2.24, 2.45) is 0 Å². The number of hydrogen-bond donors (Lipinski definition) is 0. The normalized spacial score (nSPS) is 16.1. The molecular formula is C24H36O2. The van der Waals surface area contributed by atoms with Gasteiger partial charge in [-0.2, -0.15) is 0 Å². The Morgan fingerprint density at radius 2 is 1.77 bits per heavy atom. The van der Waals surface area contributed by atoms with Crippen LogP contribution in [0.25, 0.3) is 0 Å². The number of unbranched alkanes of at least 4 members (excludes halogenated alkanes) is 2. The van der Waals surface area contributed by atoms with Crippen molar-refractivity contribution in [2.75, 3.05) is 0 Å². The van der Waals surface area contributed by atoms with E-state index in [0.29, 0.717) is 11.8 Å². The second kappa shape index (κ2) is 9.39. The lowest BCUT2D eigenvalue weighted by Gasteiger charge is -2.28. The Morgan fingerprint density at radius 1 is 1.08 bits per heavy atom. The topological polar surface area (TPSA) is 26.3 Å². The second-order valence-corrected chi connectivity index (χ2v) is 7.91. The first kappa shape index (κ1) is 20.7. The number of benzene rings is 1. The smallest absolute Gasteiger partial charge is 0.159 e. The van der Waals surface area contributed by atoms with Crippen LogP contribution in [0.5, 0.6) is 5.75 Å². The first-order valence-corrected chi connectivity index (χ1v) is 10.5. The molecule has 0 saturated carbocycles. The number of Topliss-reactive ketones (excluding diaryl/α,β-unsaturated/α-hetero) is 1. The molecule has 0 aliphatic carbocycles. The Kier molecular flexibility index (Phi) is 7.49. The van der Waals surface area contributed by atoms with Crippen LogP contribution in [0, 0.1) is 0 Å². The number of allylic oxidation sites excluding steroid dienone is 2. The summed E-state index contributed by atoms with van der Waals surface area (Å²) in [6.07, 6.45) is 7.24. The summed E-state index contributed by atoms with van der Waals surface area (Å²) in [7, 11) is 0. The summed E-state index contributed by atoms with van der Waals surface area (Å²) >= 11 is 0. The Morgan fingerprint density at radius 3 is 2.35 bits per heavy atom. The van der Waals surface area contributed by atoms with E-state index in [1.54, 1.807) is 6.92 Å². The van der Waals surface area contributed by atoms with Crippen molar-refractivity contribution in [3.05, 3.63) is 40.2 Å². The fourth-order valence-electron chi connectivity index (χ4n) is 3.63. The minimum absolute atomic E-state index is 0.154. The molecule has 0 bridgehead atoms. The molecule has 1 heterocycles. The van der Waals surface area contributed by atoms with Gasteiger partial charge >= 0.3 is 0 Å². The van der Waals surface area contributed by atoms with Crippen LogP contribution in [0.2, 0.25) is 0 Å². The molecule has 0 amide bonds. The molecule has 0 spiro atoms. The lowest BCUT2D eigenvalue weighted by Crippen LogP contribution is -2.18. The van der Waals surface area contributed by atoms with Crippen LogP contribution in [-0.4, -0.2) is 5.78 Å². The summed E-state index contributed by atoms with van der Waals surface area (Å²) in [6, 6.07) is 4.63. The molecule has 0 radical (unpaired) electrons. The van der Waals surface area contributed by atoms with Gasteiger partial charge in [0, 0.05) is 18.4 Å². The Hall–Kier alpha value is -1.57. The van der Waals surface area contributed by atoms with Crippen molar-refractivity contribution in [3.8, 4) is 5.75 Å². The van der Waals surface area contributed by atoms with E-state index >= 15 is 0 Å². The summed E-state index contributed by atoms with van der Waals surface area (Å²) in [5, 5.41) is 0. The van der Waals surface area contributed by atoms with Gasteiger partial charge in [0.15, 0.2) is 5.78 Å². The van der Waals surface area contributed by atoms with Crippen LogP contribution in [-0.2, 0) is 11.2 Å². The zero-order chi connectivity index (χ0) is 19.3. The average Bonchev–Trinajstić information content (AvgIpc) is 2.65. The molecule has 0 saturated heterocycles. The van der Waals surface area contributed by atoms with E-state index in [0.717, 1.165) is 49.2 Å². The zero-order valence-electron chi connectivity index (χ0n) is 17.6. The van der Waals surface area contributed by atoms with Gasteiger partial charge in [0.25, 0.3) is 0 Å². The number of ketones is 1. The van der Waals surface area contributed by atoms with Gasteiger partial charge in [-0.3, -0.25) is 4.79 Å². The van der Waals surface area contributed by atoms with Gasteiger partial charge in [-0.1, -0.05) is 59.6 Å². The second-order valence-electron chi connectivity index (χ2n) is 7.91. The summed E-state index contributed by atoms with van der Waals surface area (Å²) in [5.41, 5.74) is 4.77. The summed E-state index contributed by atoms with van der Waals surface area (Å²) in [4.78, 5) is 12.3. The van der Waals surface area contributed by atoms with E-state index in [9.17, 15) is 4.79 Å². The van der Waals surface area contributed by atoms with Crippen molar-refractivity contribution in [1.29, 1.82) is 0 Å². The van der Waals surface area contributed by atoms with Crippen LogP contribution >= 0.6 is 0 Å². The molecule has 2 rings (SSSR count). The third-order valence-electron chi connectivity index (χ3n) is 5.90. The third-order valence-corrected chi connectivity index (χ3v) is 5.90. The van der Waals surface area contributed by atoms with E-state index in [-0.39, 0.29) is 5.78 Å². The monoisotopic (exact) mass is 356 g/mol. The van der Waals surface area contributed by atoms with Crippen LogP contribution in [0.3, 0.4) is 0 Å². The van der Waals surface area contributed by atoms with Crippen LogP contribution in [0.1, 0.15) is 109 Å². The highest BCUT2D eigenvalue weighted by Crippen LogP contribution is 2.41. The van der Waals surface area contributed by atoms with Crippen LogP contribution in [0.4, 0.5) is 0 Å². The van der Waals surface area contributed by atoms with E-state index < -0.39 is 0 Å². The molecule has 26 heavy (non-hydrogen) atoms. The fraction of sp³-hybridized carbons (Fsp3) is 0.625. The maximum absolute atomic E-state index is 12.3. The van der Waals surface area contributed by atoms with E-state index in [1.807, 2.05) is 0 Å². The molecule has 2 unspecified atom stereocenters. The van der Waals surface area contributed by atoms with E-state index in [4.69, 9.17) is 4.74 Å². The SMILES string of the molecule is CCCCCC1=C(C(C)=O)Cc2cc(C(C)CC)cc(C(C)CC)c2O1. The maximum atomic E-state index is 12.3. The molecule has 144 valence electrons. The largest absolute Gasteiger partial charge is 0.461 e. The molecule has 1 aliphatic rings. The van der Waals surface area contributed by atoms with Crippen molar-refractivity contribution in [1.82, 2.24) is 0 Å². The van der Waals surface area contributed by atoms with E-state index in [1.165, 1.54) is 29.5 Å². The lowest BCUT2D eigenvalue weighted by molar-refractivity contribution is -0.113. The van der Waals surface area contributed by atoms with Crippen LogP contribution in [0.15, 0.2) is 23.5 Å². The fourth-order valence-corrected chi connectivity index (χ4v) is 3.63. The highest BCUT2D eigenvalue weighted by Gasteiger charge is 2.27. The number of hydrogen-bond acceptors (Lipinski definition) is 2. The van der Waals surface area contributed by atoms with Crippen molar-refractivity contribution in [2.45, 2.75) is 98.3 Å². The molecular weight excluding hydrogens is 320 g/mol. The highest BCUT2D eigenvalue weighted by molar-refractivity contribution is 5.94. The molecule has 2 atom stereocenters. The maximum Gasteiger partial charge on any atom is 0.159 e. The first-order chi connectivity index (χ1) is 12.4. The van der Waals surface area contributed by atoms with Gasteiger partial charge in [0.2, 0.25) is 0 Å². The van der Waals surface area contributed by atoms with E-state index in [2.05, 4.69) is 46.8 Å². The standard InChI is InChI=1S/C24H36O2/c1-7-10-11-12-23-22(18(6)25)15-20-13-19(16(4)8-2)14-21(17(5)9-3)24(20)26-23/h13-14,16-17H,7-12,15H2,1-6H3. The molecule has 0 N–H and O–H groups in total. The number of ether oxygens (including phenoxy) is 1. The number of carbonyl (C=O) groups excluding carboxylic acids is 1. The summed E-state index contributed by atoms with van der Waals surface area (Å²) in [6.45, 7) is 12.9. The molecule has 1 aromatic rings. The van der Waals surface area contributed by atoms with Crippen molar-refractivity contribution < 1.29 is 9.53 Å². The van der Waals surface area contributed by atoms with Gasteiger partial charge in [0.05, 0.1) is 0 Å². The number of carbonyl (C=O) groups is 1. The van der Waals surface area contributed by atoms with Gasteiger partial charge in [-0.25, -0.2) is 0 Å². The number of fused-ring (bicyclic) bond motifs is 1. The Labute approximate surface area is 160 Å². The van der Waals surface area contributed by atoms with Crippen molar-refractivity contribution >= 4 is 5.78 Å². The molecule has 1 aromatic carbocycles. The summed E-state index contributed by atoms with van der Waals surface area (Å²) < 4.78 is 6.43. The average molecular weight is 357 g/mol. The summed E-state index contributed by atoms with van der Waals surface area (Å²) in [5.74, 6) is 3.09. The third kappa shape index (κ3) is 4.58. The van der Waals surface area contributed by atoms with Gasteiger partial charge in [0.1, 0.15) is 11.5 Å². The predicted molar refractivity (Wildman–Crippen MR) is 110 cm³/mol. The molecule has 2 heteroatoms. The molecule has 0 fully saturated rings. The lowest BCUT2D eigenvalue weighted by atomic mass is 9.85. The first-order valence-electron chi connectivity index (χ1n) is 10.5. The van der Waals surface area contributed by atoms with Gasteiger partial charge in [-0.15, -0.1) is 0 Å². The minimum atomic E-state index is 0.154. The number of rotatable bonds is 9. The quantitative estimate of drug-likeness (QED) is 0.442. The van der Waals surface area contributed by atoms with Gasteiger partial charge < -0.3 is 4.74 Å². The van der Waals surface area contributed by atoms with Crippen LogP contribution < -0.4 is 4.74 Å². The Bertz CT molecular complexity index is 669. The minimum Gasteiger partial charge on any atom is -0.461 e. The predicted octanol–water partition coefficient (Wildman–Crippen LogP) is 7.07. The molecule has 2 nitrogen and oxygen atoms in total. The molecule has 0 aromatic heterocycles. The zero-order valence-corrected chi connectivity index (χ0v) is 17.6. The highest BCUT2D eigenvalue weighted by atomic mass is 16.5. The molecule has 1 aliphatic heterocycles.